The van der Waals surface area contributed by atoms with Gasteiger partial charge in [0, 0.05) is 18.0 Å². The summed E-state index contributed by atoms with van der Waals surface area (Å²) in [6.07, 6.45) is 10.1. The molecule has 1 aliphatic carbocycles. The molecule has 0 saturated heterocycles. The molecule has 1 aromatic heterocycles. The number of benzene rings is 4. The minimum Gasteiger partial charge on any atom is -0.280 e. The van der Waals surface area contributed by atoms with E-state index in [1.54, 1.807) is 0 Å². The Labute approximate surface area is 274 Å². The molecule has 46 heavy (non-hydrogen) atoms. The summed E-state index contributed by atoms with van der Waals surface area (Å²) in [6.45, 7) is 16.7. The minimum absolute atomic E-state index is 0.422. The van der Waals surface area contributed by atoms with Crippen molar-refractivity contribution in [2.75, 3.05) is 0 Å². The zero-order valence-corrected chi connectivity index (χ0v) is 26.9. The fourth-order valence-electron chi connectivity index (χ4n) is 6.22. The van der Waals surface area contributed by atoms with Crippen molar-refractivity contribution in [3.63, 3.8) is 0 Å². The van der Waals surface area contributed by atoms with Crippen molar-refractivity contribution in [3.05, 3.63) is 192 Å². The molecule has 0 radical (unpaired) electrons. The van der Waals surface area contributed by atoms with Crippen LogP contribution in [-0.4, -0.2) is 17.4 Å². The van der Waals surface area contributed by atoms with Gasteiger partial charge < -0.3 is 0 Å². The number of rotatable bonds is 10. The third kappa shape index (κ3) is 6.50. The maximum absolute atomic E-state index is 5.12. The van der Waals surface area contributed by atoms with Crippen molar-refractivity contribution >= 4 is 18.1 Å². The van der Waals surface area contributed by atoms with Crippen LogP contribution in [0.15, 0.2) is 169 Å². The number of hydrogen-bond acceptors (Lipinski definition) is 3. The molecule has 228 valence electrons. The highest BCUT2D eigenvalue weighted by Crippen LogP contribution is 2.55. The van der Waals surface area contributed by atoms with Crippen molar-refractivity contribution in [1.29, 1.82) is 0 Å². The number of allylic oxidation sites excluding steroid dienone is 3. The minimum atomic E-state index is -0.422. The molecule has 1 aliphatic rings. The van der Waals surface area contributed by atoms with Crippen LogP contribution >= 0.6 is 0 Å². The Morgan fingerprint density at radius 1 is 0.783 bits per heavy atom. The largest absolute Gasteiger partial charge is 0.280 e. The van der Waals surface area contributed by atoms with E-state index >= 15 is 0 Å². The van der Waals surface area contributed by atoms with Crippen molar-refractivity contribution in [2.45, 2.75) is 38.6 Å². The van der Waals surface area contributed by atoms with Gasteiger partial charge in [0.1, 0.15) is 0 Å². The summed E-state index contributed by atoms with van der Waals surface area (Å²) in [5.41, 5.74) is 11.6. The summed E-state index contributed by atoms with van der Waals surface area (Å²) in [5.74, 6) is 0. The van der Waals surface area contributed by atoms with Crippen LogP contribution < -0.4 is 0 Å². The standard InChI is InChI=1S/C38H31N3.C5H10/c1-27(2)38(31-20-22-40-23-21-31)34-17-11-10-16-32(34)33-24-28(18-19-35(33)38)26-41-37(30-14-8-5-9-15-30)25-36(39-3)29-12-6-4-7-13-29;1-3-5-4-2/h4-25H,1,3,26H2,2H3;3H,1,4-5H2,2H3/b36-25-,41-37?;. The van der Waals surface area contributed by atoms with E-state index in [4.69, 9.17) is 4.99 Å². The average molecular weight is 600 g/mol. The second-order valence-electron chi connectivity index (χ2n) is 11.4. The molecular weight excluding hydrogens is 558 g/mol. The number of fused-ring (bicyclic) bond motifs is 3. The van der Waals surface area contributed by atoms with Crippen LogP contribution in [0.3, 0.4) is 0 Å². The molecular formula is C43H41N3. The van der Waals surface area contributed by atoms with E-state index in [9.17, 15) is 0 Å². The highest BCUT2D eigenvalue weighted by molar-refractivity contribution is 6.12. The molecule has 3 nitrogen and oxygen atoms in total. The van der Waals surface area contributed by atoms with E-state index in [1.165, 1.54) is 34.2 Å². The third-order valence-corrected chi connectivity index (χ3v) is 8.37. The molecule has 4 aromatic carbocycles. The maximum Gasteiger partial charge on any atom is 0.0716 e. The van der Waals surface area contributed by atoms with Crippen molar-refractivity contribution < 1.29 is 0 Å². The molecule has 0 saturated carbocycles. The van der Waals surface area contributed by atoms with Gasteiger partial charge in [-0.05, 0) is 83.3 Å². The van der Waals surface area contributed by atoms with Crippen LogP contribution in [0.25, 0.3) is 16.8 Å². The quantitative estimate of drug-likeness (QED) is 0.116. The number of unbranched alkanes of at least 4 members (excludes halogenated alkanes) is 1. The first-order valence-corrected chi connectivity index (χ1v) is 15.8. The summed E-state index contributed by atoms with van der Waals surface area (Å²) in [6, 6.07) is 40.0. The summed E-state index contributed by atoms with van der Waals surface area (Å²) in [4.78, 5) is 13.7. The SMILES string of the molecule is C=CCCC.C=N/C(=C\C(=NCc1ccc2c(c1)-c1ccccc1C2(C(=C)C)c1ccncc1)c1ccccc1)c1ccccc1. The average Bonchev–Trinajstić information content (AvgIpc) is 3.41. The van der Waals surface area contributed by atoms with Crippen molar-refractivity contribution in [1.82, 2.24) is 4.98 Å². The lowest BCUT2D eigenvalue weighted by Gasteiger charge is -2.33. The Kier molecular flexibility index (Phi) is 10.5. The molecule has 1 atom stereocenters. The summed E-state index contributed by atoms with van der Waals surface area (Å²) >= 11 is 0. The van der Waals surface area contributed by atoms with Gasteiger partial charge in [-0.15, -0.1) is 6.58 Å². The number of nitrogens with zero attached hydrogens (tertiary/aromatic N) is 3. The lowest BCUT2D eigenvalue weighted by atomic mass is 9.68. The number of aromatic nitrogens is 1. The van der Waals surface area contributed by atoms with E-state index < -0.39 is 5.41 Å². The molecule has 0 bridgehead atoms. The van der Waals surface area contributed by atoms with E-state index in [2.05, 4.69) is 110 Å². The molecule has 6 rings (SSSR count). The van der Waals surface area contributed by atoms with Crippen molar-refractivity contribution in [2.24, 2.45) is 9.98 Å². The van der Waals surface area contributed by atoms with Gasteiger partial charge in [-0.25, -0.2) is 0 Å². The van der Waals surface area contributed by atoms with Crippen LogP contribution in [0, 0.1) is 0 Å². The van der Waals surface area contributed by atoms with E-state index in [0.29, 0.717) is 6.54 Å². The predicted molar refractivity (Wildman–Crippen MR) is 197 cm³/mol. The van der Waals surface area contributed by atoms with Crippen molar-refractivity contribution in [3.8, 4) is 11.1 Å². The highest BCUT2D eigenvalue weighted by atomic mass is 14.8. The number of aliphatic imine (C=N–C) groups is 2. The molecule has 3 heteroatoms. The van der Waals surface area contributed by atoms with Gasteiger partial charge >= 0.3 is 0 Å². The van der Waals surface area contributed by atoms with Crippen LogP contribution in [-0.2, 0) is 12.0 Å². The van der Waals surface area contributed by atoms with E-state index in [-0.39, 0.29) is 0 Å². The smallest absolute Gasteiger partial charge is 0.0716 e. The first-order valence-electron chi connectivity index (χ1n) is 15.8. The van der Waals surface area contributed by atoms with Gasteiger partial charge in [-0.3, -0.25) is 15.0 Å². The first kappa shape index (κ1) is 32.0. The van der Waals surface area contributed by atoms with Gasteiger partial charge in [-0.1, -0.05) is 129 Å². The second kappa shape index (κ2) is 15.0. The topological polar surface area (TPSA) is 37.6 Å². The summed E-state index contributed by atoms with van der Waals surface area (Å²) < 4.78 is 0. The second-order valence-corrected chi connectivity index (χ2v) is 11.4. The van der Waals surface area contributed by atoms with Crippen LogP contribution in [0.4, 0.5) is 0 Å². The Morgan fingerprint density at radius 3 is 2.02 bits per heavy atom. The van der Waals surface area contributed by atoms with Gasteiger partial charge in [-0.2, -0.15) is 0 Å². The normalized spacial score (nSPS) is 15.2. The Balaban J connectivity index is 0.000000775. The zero-order chi connectivity index (χ0) is 32.4. The fraction of sp³-hybridized carbons (Fsp3) is 0.140. The van der Waals surface area contributed by atoms with Crippen LogP contribution in [0.1, 0.15) is 60.1 Å². The van der Waals surface area contributed by atoms with E-state index in [1.807, 2.05) is 73.1 Å². The fourth-order valence-corrected chi connectivity index (χ4v) is 6.22. The number of hydrogen-bond donors (Lipinski definition) is 0. The lowest BCUT2D eigenvalue weighted by Crippen LogP contribution is -2.28. The zero-order valence-electron chi connectivity index (χ0n) is 26.9. The molecule has 0 fully saturated rings. The molecule has 0 amide bonds. The summed E-state index contributed by atoms with van der Waals surface area (Å²) in [5, 5.41) is 0. The van der Waals surface area contributed by atoms with Gasteiger partial charge in [0.2, 0.25) is 0 Å². The van der Waals surface area contributed by atoms with E-state index in [0.717, 1.165) is 40.1 Å². The first-order chi connectivity index (χ1) is 22.5. The molecule has 0 aliphatic heterocycles. The Morgan fingerprint density at radius 2 is 1.41 bits per heavy atom. The molecule has 0 spiro atoms. The monoisotopic (exact) mass is 599 g/mol. The molecule has 1 unspecified atom stereocenters. The third-order valence-electron chi connectivity index (χ3n) is 8.37. The Bertz CT molecular complexity index is 1870. The van der Waals surface area contributed by atoms with Gasteiger partial charge in [0.05, 0.1) is 23.4 Å². The predicted octanol–water partition coefficient (Wildman–Crippen LogP) is 10.7. The highest BCUT2D eigenvalue weighted by Gasteiger charge is 2.45. The van der Waals surface area contributed by atoms with Crippen LogP contribution in [0.5, 0.6) is 0 Å². The van der Waals surface area contributed by atoms with Gasteiger partial charge in [0.15, 0.2) is 0 Å². The molecule has 5 aromatic rings. The van der Waals surface area contributed by atoms with Gasteiger partial charge in [0.25, 0.3) is 0 Å². The molecule has 0 N–H and O–H groups in total. The van der Waals surface area contributed by atoms with Crippen LogP contribution in [0.2, 0.25) is 0 Å². The lowest BCUT2D eigenvalue weighted by molar-refractivity contribution is 0.747. The molecule has 1 heterocycles. The summed E-state index contributed by atoms with van der Waals surface area (Å²) in [7, 11) is 0. The maximum atomic E-state index is 5.12. The Hall–Kier alpha value is -5.41. The number of pyridine rings is 1.